The Morgan fingerprint density at radius 3 is 2.38 bits per heavy atom. The standard InChI is InChI=1S/C20H30N4O2/c1-20(2,3)19(26)24-10-6-7-16(15-24)18(25)23-13-11-22(12-14-23)17-8-4-5-9-21-17/h4-5,8-9,16H,6-7,10-15H2,1-3H3. The number of carbonyl (C=O) groups is 2. The Hall–Kier alpha value is -2.11. The van der Waals surface area contributed by atoms with Crippen LogP contribution in [0.15, 0.2) is 24.4 Å². The SMILES string of the molecule is CC(C)(C)C(=O)N1CCCC(C(=O)N2CCN(c3ccccn3)CC2)C1. The summed E-state index contributed by atoms with van der Waals surface area (Å²) < 4.78 is 0. The average molecular weight is 358 g/mol. The van der Waals surface area contributed by atoms with Crippen LogP contribution >= 0.6 is 0 Å². The molecule has 2 aliphatic heterocycles. The molecule has 2 amide bonds. The zero-order valence-electron chi connectivity index (χ0n) is 16.1. The van der Waals surface area contributed by atoms with Crippen molar-refractivity contribution < 1.29 is 9.59 Å². The quantitative estimate of drug-likeness (QED) is 0.812. The third-order valence-electron chi connectivity index (χ3n) is 5.26. The number of carbonyl (C=O) groups excluding carboxylic acids is 2. The number of nitrogens with zero attached hydrogens (tertiary/aromatic N) is 4. The van der Waals surface area contributed by atoms with E-state index in [9.17, 15) is 9.59 Å². The Morgan fingerprint density at radius 2 is 1.77 bits per heavy atom. The van der Waals surface area contributed by atoms with Crippen LogP contribution in [0.1, 0.15) is 33.6 Å². The highest BCUT2D eigenvalue weighted by molar-refractivity contribution is 5.84. The molecule has 0 aromatic carbocycles. The van der Waals surface area contributed by atoms with E-state index in [2.05, 4.69) is 9.88 Å². The highest BCUT2D eigenvalue weighted by atomic mass is 16.2. The lowest BCUT2D eigenvalue weighted by molar-refractivity contribution is -0.145. The minimum atomic E-state index is -0.390. The van der Waals surface area contributed by atoms with Gasteiger partial charge in [0.25, 0.3) is 0 Å². The Morgan fingerprint density at radius 1 is 1.04 bits per heavy atom. The summed E-state index contributed by atoms with van der Waals surface area (Å²) >= 11 is 0. The molecule has 0 bridgehead atoms. The third kappa shape index (κ3) is 4.17. The molecule has 1 atom stereocenters. The molecule has 26 heavy (non-hydrogen) atoms. The van der Waals surface area contributed by atoms with E-state index in [1.807, 2.05) is 48.8 Å². The second kappa shape index (κ2) is 7.64. The maximum atomic E-state index is 13.0. The second-order valence-corrected chi connectivity index (χ2v) is 8.34. The molecule has 6 nitrogen and oxygen atoms in total. The lowest BCUT2D eigenvalue weighted by atomic mass is 9.90. The minimum Gasteiger partial charge on any atom is -0.353 e. The summed E-state index contributed by atoms with van der Waals surface area (Å²) in [5.74, 6) is 1.27. The summed E-state index contributed by atoms with van der Waals surface area (Å²) in [7, 11) is 0. The van der Waals surface area contributed by atoms with Crippen molar-refractivity contribution in [2.24, 2.45) is 11.3 Å². The van der Waals surface area contributed by atoms with Gasteiger partial charge < -0.3 is 14.7 Å². The van der Waals surface area contributed by atoms with Crippen LogP contribution in [0.3, 0.4) is 0 Å². The van der Waals surface area contributed by atoms with E-state index in [0.717, 1.165) is 51.4 Å². The van der Waals surface area contributed by atoms with E-state index in [0.29, 0.717) is 6.54 Å². The molecule has 142 valence electrons. The number of likely N-dealkylation sites (tertiary alicyclic amines) is 1. The van der Waals surface area contributed by atoms with Gasteiger partial charge in [-0.25, -0.2) is 4.98 Å². The number of aromatic nitrogens is 1. The van der Waals surface area contributed by atoms with Gasteiger partial charge in [0.15, 0.2) is 0 Å². The molecule has 3 rings (SSSR count). The first kappa shape index (κ1) is 18.7. The zero-order valence-corrected chi connectivity index (χ0v) is 16.1. The minimum absolute atomic E-state index is 0.0588. The maximum Gasteiger partial charge on any atom is 0.227 e. The van der Waals surface area contributed by atoms with E-state index in [1.54, 1.807) is 6.20 Å². The molecule has 0 aliphatic carbocycles. The van der Waals surface area contributed by atoms with Crippen LogP contribution in [-0.4, -0.2) is 65.9 Å². The second-order valence-electron chi connectivity index (χ2n) is 8.34. The van der Waals surface area contributed by atoms with E-state index in [-0.39, 0.29) is 23.1 Å². The summed E-state index contributed by atoms with van der Waals surface area (Å²) in [6.07, 6.45) is 3.59. The normalized spacial score (nSPS) is 21.7. The molecule has 1 aromatic heterocycles. The van der Waals surface area contributed by atoms with E-state index >= 15 is 0 Å². The molecule has 0 saturated carbocycles. The van der Waals surface area contributed by atoms with Crippen molar-refractivity contribution in [2.75, 3.05) is 44.2 Å². The van der Waals surface area contributed by atoms with Gasteiger partial charge in [0.2, 0.25) is 11.8 Å². The number of piperazine rings is 1. The van der Waals surface area contributed by atoms with Gasteiger partial charge in [0, 0.05) is 50.9 Å². The molecular formula is C20H30N4O2. The first-order chi connectivity index (χ1) is 12.4. The van der Waals surface area contributed by atoms with Crippen molar-refractivity contribution in [3.05, 3.63) is 24.4 Å². The number of piperidine rings is 1. The average Bonchev–Trinajstić information content (AvgIpc) is 2.67. The van der Waals surface area contributed by atoms with Crippen LogP contribution in [0.2, 0.25) is 0 Å². The van der Waals surface area contributed by atoms with Crippen molar-refractivity contribution in [1.82, 2.24) is 14.8 Å². The van der Waals surface area contributed by atoms with Gasteiger partial charge in [0.05, 0.1) is 5.92 Å². The van der Waals surface area contributed by atoms with E-state index in [4.69, 9.17) is 0 Å². The van der Waals surface area contributed by atoms with E-state index < -0.39 is 0 Å². The molecule has 0 radical (unpaired) electrons. The largest absolute Gasteiger partial charge is 0.353 e. The zero-order chi connectivity index (χ0) is 18.7. The van der Waals surface area contributed by atoms with Gasteiger partial charge in [-0.3, -0.25) is 9.59 Å². The summed E-state index contributed by atoms with van der Waals surface area (Å²) in [6.45, 7) is 10.2. The molecule has 2 aliphatic rings. The Labute approximate surface area is 156 Å². The van der Waals surface area contributed by atoms with Crippen molar-refractivity contribution >= 4 is 17.6 Å². The number of rotatable bonds is 2. The molecule has 0 N–H and O–H groups in total. The number of hydrogen-bond acceptors (Lipinski definition) is 4. The van der Waals surface area contributed by atoms with Crippen molar-refractivity contribution in [1.29, 1.82) is 0 Å². The number of anilines is 1. The third-order valence-corrected chi connectivity index (χ3v) is 5.26. The molecule has 0 spiro atoms. The fourth-order valence-corrected chi connectivity index (χ4v) is 3.79. The van der Waals surface area contributed by atoms with Crippen LogP contribution in [0.4, 0.5) is 5.82 Å². The first-order valence-corrected chi connectivity index (χ1v) is 9.60. The molecule has 2 fully saturated rings. The first-order valence-electron chi connectivity index (χ1n) is 9.60. The molecule has 1 unspecified atom stereocenters. The Kier molecular flexibility index (Phi) is 5.49. The summed E-state index contributed by atoms with van der Waals surface area (Å²) in [5, 5.41) is 0. The maximum absolute atomic E-state index is 13.0. The topological polar surface area (TPSA) is 56.8 Å². The number of pyridine rings is 1. The lowest BCUT2D eigenvalue weighted by Crippen LogP contribution is -2.54. The van der Waals surface area contributed by atoms with Crippen molar-refractivity contribution in [2.45, 2.75) is 33.6 Å². The van der Waals surface area contributed by atoms with Crippen LogP contribution in [0.5, 0.6) is 0 Å². The van der Waals surface area contributed by atoms with Gasteiger partial charge >= 0.3 is 0 Å². The Balaban J connectivity index is 1.56. The van der Waals surface area contributed by atoms with Gasteiger partial charge in [-0.1, -0.05) is 26.8 Å². The van der Waals surface area contributed by atoms with Gasteiger partial charge in [-0.15, -0.1) is 0 Å². The predicted molar refractivity (Wildman–Crippen MR) is 102 cm³/mol. The number of amides is 2. The van der Waals surface area contributed by atoms with Gasteiger partial charge in [0.1, 0.15) is 5.82 Å². The van der Waals surface area contributed by atoms with Crippen LogP contribution in [0, 0.1) is 11.3 Å². The lowest BCUT2D eigenvalue weighted by Gasteiger charge is -2.40. The van der Waals surface area contributed by atoms with Crippen molar-refractivity contribution in [3.8, 4) is 0 Å². The molecule has 2 saturated heterocycles. The summed E-state index contributed by atoms with van der Waals surface area (Å²) in [5.41, 5.74) is -0.390. The fraction of sp³-hybridized carbons (Fsp3) is 0.650. The Bertz CT molecular complexity index is 633. The van der Waals surface area contributed by atoms with Crippen LogP contribution in [-0.2, 0) is 9.59 Å². The highest BCUT2D eigenvalue weighted by Gasteiger charge is 2.35. The van der Waals surface area contributed by atoms with Gasteiger partial charge in [-0.05, 0) is 25.0 Å². The summed E-state index contributed by atoms with van der Waals surface area (Å²) in [4.78, 5) is 36.0. The van der Waals surface area contributed by atoms with Crippen molar-refractivity contribution in [3.63, 3.8) is 0 Å². The smallest absolute Gasteiger partial charge is 0.227 e. The fourth-order valence-electron chi connectivity index (χ4n) is 3.79. The van der Waals surface area contributed by atoms with Crippen LogP contribution in [0.25, 0.3) is 0 Å². The molecule has 6 heteroatoms. The molecular weight excluding hydrogens is 328 g/mol. The predicted octanol–water partition coefficient (Wildman–Crippen LogP) is 2.01. The summed E-state index contributed by atoms with van der Waals surface area (Å²) in [6, 6.07) is 5.91. The monoisotopic (exact) mass is 358 g/mol. The molecule has 1 aromatic rings. The van der Waals surface area contributed by atoms with E-state index in [1.165, 1.54) is 0 Å². The molecule has 3 heterocycles. The highest BCUT2D eigenvalue weighted by Crippen LogP contribution is 2.25. The number of hydrogen-bond donors (Lipinski definition) is 0. The van der Waals surface area contributed by atoms with Crippen LogP contribution < -0.4 is 4.90 Å². The van der Waals surface area contributed by atoms with Gasteiger partial charge in [-0.2, -0.15) is 0 Å².